The number of halogens is 3. The largest absolute Gasteiger partial charge is 0.573 e. The number of amides is 1. The highest BCUT2D eigenvalue weighted by atomic mass is 32.1. The molecule has 3 aliphatic rings. The summed E-state index contributed by atoms with van der Waals surface area (Å²) in [6.45, 7) is 3.96. The van der Waals surface area contributed by atoms with E-state index in [0.717, 1.165) is 19.0 Å². The van der Waals surface area contributed by atoms with Gasteiger partial charge in [-0.1, -0.05) is 25.0 Å². The number of rotatable bonds is 8. The molecule has 2 saturated carbocycles. The zero-order chi connectivity index (χ0) is 23.7. The van der Waals surface area contributed by atoms with Crippen LogP contribution in [0.4, 0.5) is 18.0 Å². The molecule has 0 radical (unpaired) electrons. The van der Waals surface area contributed by atoms with Gasteiger partial charge in [-0.3, -0.25) is 0 Å². The lowest BCUT2D eigenvalue weighted by molar-refractivity contribution is -0.274. The first-order chi connectivity index (χ1) is 16.3. The fourth-order valence-electron chi connectivity index (χ4n) is 5.64. The van der Waals surface area contributed by atoms with Gasteiger partial charge in [0.15, 0.2) is 0 Å². The Balaban J connectivity index is 1.22. The van der Waals surface area contributed by atoms with E-state index >= 15 is 0 Å². The van der Waals surface area contributed by atoms with Crippen LogP contribution in [0.2, 0.25) is 0 Å². The van der Waals surface area contributed by atoms with Crippen LogP contribution in [-0.2, 0) is 6.54 Å². The molecule has 1 aromatic heterocycles. The van der Waals surface area contributed by atoms with Gasteiger partial charge in [-0.2, -0.15) is 0 Å². The van der Waals surface area contributed by atoms with Crippen molar-refractivity contribution < 1.29 is 27.4 Å². The molecule has 0 bridgehead atoms. The standard InChI is InChI=1S/C24H28F3N3O3S/c25-24(26,27)33-18-7-3-6-17(8-18)10-30(23(31)32-22-14-34-15-28-22)13-21-19-11-29(12-20(19)21)9-16-4-1-2-5-16/h3,6-8,14-16,19-21H,1-2,4-5,9-13H2. The summed E-state index contributed by atoms with van der Waals surface area (Å²) < 4.78 is 47.4. The lowest BCUT2D eigenvalue weighted by Crippen LogP contribution is -2.37. The van der Waals surface area contributed by atoms with Gasteiger partial charge in [0.2, 0.25) is 5.88 Å². The topological polar surface area (TPSA) is 54.9 Å². The number of aromatic nitrogens is 1. The zero-order valence-electron chi connectivity index (χ0n) is 18.7. The highest BCUT2D eigenvalue weighted by Crippen LogP contribution is 2.52. The number of carbonyl (C=O) groups excluding carboxylic acids is 1. The molecule has 0 spiro atoms. The summed E-state index contributed by atoms with van der Waals surface area (Å²) in [5.74, 6) is 2.27. The fraction of sp³-hybridized carbons (Fsp3) is 0.583. The third-order valence-corrected chi connectivity index (χ3v) is 7.80. The van der Waals surface area contributed by atoms with Crippen LogP contribution >= 0.6 is 11.3 Å². The number of hydrogen-bond acceptors (Lipinski definition) is 6. The maximum atomic E-state index is 13.0. The van der Waals surface area contributed by atoms with Crippen molar-refractivity contribution in [3.8, 4) is 11.6 Å². The van der Waals surface area contributed by atoms with Crippen LogP contribution in [0.25, 0.3) is 0 Å². The van der Waals surface area contributed by atoms with Crippen molar-refractivity contribution in [2.45, 2.75) is 38.6 Å². The Morgan fingerprint density at radius 3 is 2.65 bits per heavy atom. The lowest BCUT2D eigenvalue weighted by atomic mass is 10.1. The Kier molecular flexibility index (Phi) is 6.70. The first kappa shape index (κ1) is 23.4. The highest BCUT2D eigenvalue weighted by Gasteiger charge is 2.56. The molecule has 1 aromatic carbocycles. The monoisotopic (exact) mass is 495 g/mol. The van der Waals surface area contributed by atoms with Crippen LogP contribution in [0.15, 0.2) is 35.2 Å². The van der Waals surface area contributed by atoms with Crippen LogP contribution < -0.4 is 9.47 Å². The molecule has 3 fully saturated rings. The van der Waals surface area contributed by atoms with E-state index in [-0.39, 0.29) is 18.2 Å². The minimum atomic E-state index is -4.77. The second-order valence-electron chi connectivity index (χ2n) is 9.63. The molecule has 184 valence electrons. The summed E-state index contributed by atoms with van der Waals surface area (Å²) in [5, 5.41) is 1.64. The van der Waals surface area contributed by atoms with Crippen LogP contribution in [0.1, 0.15) is 31.2 Å². The summed E-state index contributed by atoms with van der Waals surface area (Å²) in [4.78, 5) is 21.1. The van der Waals surface area contributed by atoms with Gasteiger partial charge >= 0.3 is 12.5 Å². The summed E-state index contributed by atoms with van der Waals surface area (Å²) in [6.07, 6.45) is 0.0577. The van der Waals surface area contributed by atoms with E-state index in [1.54, 1.807) is 21.9 Å². The Morgan fingerprint density at radius 2 is 1.97 bits per heavy atom. The Labute approximate surface area is 200 Å². The van der Waals surface area contributed by atoms with Crippen LogP contribution in [0, 0.1) is 23.7 Å². The number of piperidine rings is 1. The van der Waals surface area contributed by atoms with E-state index in [0.29, 0.717) is 29.9 Å². The molecule has 10 heteroatoms. The smallest absolute Gasteiger partial charge is 0.406 e. The van der Waals surface area contributed by atoms with E-state index < -0.39 is 12.5 Å². The number of likely N-dealkylation sites (tertiary alicyclic amines) is 1. The molecule has 5 rings (SSSR count). The molecule has 2 unspecified atom stereocenters. The number of alkyl halides is 3. The average Bonchev–Trinajstić information content (AvgIpc) is 3.30. The van der Waals surface area contributed by atoms with Gasteiger partial charge in [0, 0.05) is 32.7 Å². The van der Waals surface area contributed by atoms with Crippen molar-refractivity contribution in [1.82, 2.24) is 14.8 Å². The third-order valence-electron chi connectivity index (χ3n) is 7.23. The van der Waals surface area contributed by atoms with Crippen molar-refractivity contribution in [3.05, 3.63) is 40.7 Å². The molecule has 0 N–H and O–H groups in total. The van der Waals surface area contributed by atoms with Gasteiger partial charge in [-0.15, -0.1) is 24.5 Å². The molecule has 1 aliphatic heterocycles. The maximum Gasteiger partial charge on any atom is 0.573 e. The Hall–Kier alpha value is -2.33. The van der Waals surface area contributed by atoms with E-state index in [9.17, 15) is 18.0 Å². The highest BCUT2D eigenvalue weighted by molar-refractivity contribution is 7.07. The Bertz CT molecular complexity index is 969. The maximum absolute atomic E-state index is 13.0. The molecular formula is C24H28F3N3O3S. The zero-order valence-corrected chi connectivity index (χ0v) is 19.6. The summed E-state index contributed by atoms with van der Waals surface area (Å²) in [7, 11) is 0. The molecule has 34 heavy (non-hydrogen) atoms. The summed E-state index contributed by atoms with van der Waals surface area (Å²) in [5.41, 5.74) is 2.13. The molecule has 1 saturated heterocycles. The van der Waals surface area contributed by atoms with E-state index in [4.69, 9.17) is 4.74 Å². The predicted molar refractivity (Wildman–Crippen MR) is 121 cm³/mol. The average molecular weight is 496 g/mol. The number of nitrogens with zero attached hydrogens (tertiary/aromatic N) is 3. The minimum Gasteiger partial charge on any atom is -0.406 e. The first-order valence-electron chi connectivity index (χ1n) is 11.8. The molecule has 2 aliphatic carbocycles. The number of ether oxygens (including phenoxy) is 2. The van der Waals surface area contributed by atoms with Crippen molar-refractivity contribution >= 4 is 17.4 Å². The number of thiazole rings is 1. The van der Waals surface area contributed by atoms with Gasteiger partial charge in [0.05, 0.1) is 10.9 Å². The van der Waals surface area contributed by atoms with Gasteiger partial charge in [-0.05, 0) is 54.2 Å². The first-order valence-corrected chi connectivity index (χ1v) is 12.7. The van der Waals surface area contributed by atoms with Crippen molar-refractivity contribution in [2.24, 2.45) is 23.7 Å². The number of hydrogen-bond donors (Lipinski definition) is 0. The van der Waals surface area contributed by atoms with Crippen molar-refractivity contribution in [3.63, 3.8) is 0 Å². The number of carbonyl (C=O) groups is 1. The third kappa shape index (κ3) is 5.83. The second kappa shape index (κ2) is 9.73. The summed E-state index contributed by atoms with van der Waals surface area (Å²) in [6, 6.07) is 5.74. The minimum absolute atomic E-state index is 0.139. The van der Waals surface area contributed by atoms with Crippen LogP contribution in [0.5, 0.6) is 11.6 Å². The Morgan fingerprint density at radius 1 is 1.21 bits per heavy atom. The normalized spacial score (nSPS) is 24.7. The van der Waals surface area contributed by atoms with E-state index in [2.05, 4.69) is 14.6 Å². The van der Waals surface area contributed by atoms with Crippen molar-refractivity contribution in [1.29, 1.82) is 0 Å². The molecule has 2 heterocycles. The molecule has 2 atom stereocenters. The predicted octanol–water partition coefficient (Wildman–Crippen LogP) is 5.41. The van der Waals surface area contributed by atoms with E-state index in [1.807, 2.05) is 0 Å². The molecular weight excluding hydrogens is 467 g/mol. The molecule has 1 amide bonds. The molecule has 6 nitrogen and oxygen atoms in total. The van der Waals surface area contributed by atoms with Crippen molar-refractivity contribution in [2.75, 3.05) is 26.2 Å². The van der Waals surface area contributed by atoms with Gasteiger partial charge < -0.3 is 19.3 Å². The fourth-order valence-corrected chi connectivity index (χ4v) is 6.09. The van der Waals surface area contributed by atoms with E-state index in [1.165, 1.54) is 61.8 Å². The number of fused-ring (bicyclic) bond motifs is 1. The van der Waals surface area contributed by atoms with Crippen LogP contribution in [0.3, 0.4) is 0 Å². The van der Waals surface area contributed by atoms with Gasteiger partial charge in [0.1, 0.15) is 5.75 Å². The van der Waals surface area contributed by atoms with Gasteiger partial charge in [-0.25, -0.2) is 9.78 Å². The van der Waals surface area contributed by atoms with Crippen LogP contribution in [-0.4, -0.2) is 53.4 Å². The second-order valence-corrected chi connectivity index (χ2v) is 10.3. The molecule has 2 aromatic rings. The lowest BCUT2D eigenvalue weighted by Gasteiger charge is -2.26. The SMILES string of the molecule is O=C(Oc1cscn1)N(Cc1cccc(OC(F)(F)F)c1)CC1C2CN(CC3CCCC3)CC21. The quantitative estimate of drug-likeness (QED) is 0.490. The summed E-state index contributed by atoms with van der Waals surface area (Å²) >= 11 is 1.32. The number of benzene rings is 1. The van der Waals surface area contributed by atoms with Gasteiger partial charge in [0.25, 0.3) is 0 Å².